The number of ether oxygens (including phenoxy) is 2. The van der Waals surface area contributed by atoms with Gasteiger partial charge in [0.05, 0.1) is 7.11 Å². The van der Waals surface area contributed by atoms with E-state index >= 15 is 0 Å². The fourth-order valence-electron chi connectivity index (χ4n) is 5.64. The predicted molar refractivity (Wildman–Crippen MR) is 130 cm³/mol. The zero-order valence-corrected chi connectivity index (χ0v) is 20.1. The van der Waals surface area contributed by atoms with Crippen molar-refractivity contribution in [3.05, 3.63) is 65.7 Å². The number of fused-ring (bicyclic) bond motifs is 2. The Kier molecular flexibility index (Phi) is 8.05. The maximum absolute atomic E-state index is 9.10. The molecule has 188 valence electrons. The van der Waals surface area contributed by atoms with Crippen molar-refractivity contribution in [2.75, 3.05) is 26.7 Å². The molecule has 2 aromatic rings. The van der Waals surface area contributed by atoms with Crippen molar-refractivity contribution in [3.63, 3.8) is 0 Å². The van der Waals surface area contributed by atoms with Crippen LogP contribution in [0.4, 0.5) is 0 Å². The van der Waals surface area contributed by atoms with E-state index in [0.29, 0.717) is 6.04 Å². The molecule has 2 atom stereocenters. The molecular formula is C27H34N2O6. The molecule has 0 amide bonds. The Morgan fingerprint density at radius 2 is 1.63 bits per heavy atom. The number of benzene rings is 2. The number of para-hydroxylation sites is 1. The van der Waals surface area contributed by atoms with Crippen LogP contribution < -0.4 is 4.74 Å². The van der Waals surface area contributed by atoms with Crippen molar-refractivity contribution < 1.29 is 29.3 Å². The van der Waals surface area contributed by atoms with Crippen LogP contribution in [0.25, 0.3) is 0 Å². The minimum absolute atomic E-state index is 0.107. The number of hydrogen-bond acceptors (Lipinski definition) is 6. The van der Waals surface area contributed by atoms with Gasteiger partial charge in [0, 0.05) is 50.6 Å². The molecule has 3 fully saturated rings. The van der Waals surface area contributed by atoms with Crippen LogP contribution in [0, 0.1) is 0 Å². The number of piperidine rings is 2. The molecule has 0 aliphatic carbocycles. The highest BCUT2D eigenvalue weighted by atomic mass is 16.5. The van der Waals surface area contributed by atoms with Crippen molar-refractivity contribution >= 4 is 11.9 Å². The summed E-state index contributed by atoms with van der Waals surface area (Å²) in [6.07, 6.45) is 6.09. The third-order valence-corrected chi connectivity index (χ3v) is 7.28. The molecule has 0 aromatic heterocycles. The van der Waals surface area contributed by atoms with Gasteiger partial charge in [-0.25, -0.2) is 9.59 Å². The van der Waals surface area contributed by atoms with Crippen molar-refractivity contribution in [2.24, 2.45) is 0 Å². The van der Waals surface area contributed by atoms with Crippen LogP contribution >= 0.6 is 0 Å². The smallest absolute Gasteiger partial charge is 0.414 e. The van der Waals surface area contributed by atoms with E-state index in [9.17, 15) is 0 Å². The Balaban J connectivity index is 0.000000431. The molecule has 8 heteroatoms. The number of methoxy groups -OCH3 is 1. The minimum Gasteiger partial charge on any atom is -0.496 e. The van der Waals surface area contributed by atoms with Crippen molar-refractivity contribution in [2.45, 2.75) is 56.5 Å². The van der Waals surface area contributed by atoms with Crippen LogP contribution in [0.15, 0.2) is 54.6 Å². The Bertz CT molecular complexity index is 994. The van der Waals surface area contributed by atoms with E-state index in [-0.39, 0.29) is 11.8 Å². The fraction of sp³-hybridized carbons (Fsp3) is 0.481. The lowest BCUT2D eigenvalue weighted by atomic mass is 9.91. The average molecular weight is 483 g/mol. The average Bonchev–Trinajstić information content (AvgIpc) is 3.20. The first kappa shape index (κ1) is 25.2. The number of carboxylic acid groups (broad SMARTS) is 2. The maximum Gasteiger partial charge on any atom is 0.414 e. The van der Waals surface area contributed by atoms with Gasteiger partial charge in [0.15, 0.2) is 0 Å². The van der Waals surface area contributed by atoms with Crippen molar-refractivity contribution in [1.82, 2.24) is 9.80 Å². The van der Waals surface area contributed by atoms with E-state index in [0.717, 1.165) is 44.8 Å². The second kappa shape index (κ2) is 11.2. The van der Waals surface area contributed by atoms with Gasteiger partial charge < -0.3 is 19.7 Å². The number of likely N-dealkylation sites (tertiary alicyclic amines) is 1. The molecule has 35 heavy (non-hydrogen) atoms. The Labute approximate surface area is 206 Å². The second-order valence-electron chi connectivity index (χ2n) is 9.36. The zero-order valence-electron chi connectivity index (χ0n) is 20.1. The summed E-state index contributed by atoms with van der Waals surface area (Å²) < 4.78 is 12.7. The monoisotopic (exact) mass is 482 g/mol. The van der Waals surface area contributed by atoms with Gasteiger partial charge in [-0.15, -0.1) is 0 Å². The molecular weight excluding hydrogens is 448 g/mol. The third kappa shape index (κ3) is 5.66. The predicted octanol–water partition coefficient (Wildman–Crippen LogP) is 3.77. The van der Waals surface area contributed by atoms with E-state index in [4.69, 9.17) is 29.3 Å². The molecule has 2 aromatic carbocycles. The topological polar surface area (TPSA) is 99.5 Å². The Hall–Kier alpha value is -2.94. The molecule has 0 saturated carbocycles. The number of nitrogens with zero attached hydrogens (tertiary/aromatic N) is 2. The lowest BCUT2D eigenvalue weighted by molar-refractivity contribution is -0.159. The number of carbonyl (C=O) groups is 2. The number of hydrogen-bond donors (Lipinski definition) is 2. The van der Waals surface area contributed by atoms with Gasteiger partial charge >= 0.3 is 11.9 Å². The molecule has 3 saturated heterocycles. The van der Waals surface area contributed by atoms with Crippen LogP contribution in [0.5, 0.6) is 5.75 Å². The molecule has 1 spiro atoms. The second-order valence-corrected chi connectivity index (χ2v) is 9.36. The molecule has 0 radical (unpaired) electrons. The van der Waals surface area contributed by atoms with Gasteiger partial charge in [0.2, 0.25) is 0 Å². The number of carboxylic acids is 2. The summed E-state index contributed by atoms with van der Waals surface area (Å²) in [6, 6.07) is 19.7. The summed E-state index contributed by atoms with van der Waals surface area (Å²) in [4.78, 5) is 23.5. The number of aliphatic carboxylic acids is 2. The molecule has 8 nitrogen and oxygen atoms in total. The summed E-state index contributed by atoms with van der Waals surface area (Å²) in [7, 11) is 1.77. The molecule has 3 heterocycles. The SMILES string of the molecule is COc1ccccc1C1OC2(CCN(Cc3ccccc3)CC2)N2CCCCC12.O=C(O)C(=O)O. The molecule has 2 N–H and O–H groups in total. The van der Waals surface area contributed by atoms with E-state index in [1.165, 1.54) is 30.4 Å². The quantitative estimate of drug-likeness (QED) is 0.636. The van der Waals surface area contributed by atoms with Crippen LogP contribution in [0.1, 0.15) is 49.3 Å². The Morgan fingerprint density at radius 3 is 2.29 bits per heavy atom. The van der Waals surface area contributed by atoms with Gasteiger partial charge in [-0.3, -0.25) is 9.80 Å². The van der Waals surface area contributed by atoms with E-state index in [2.05, 4.69) is 58.3 Å². The maximum atomic E-state index is 9.10. The largest absolute Gasteiger partial charge is 0.496 e. The van der Waals surface area contributed by atoms with Gasteiger partial charge in [0.1, 0.15) is 17.6 Å². The molecule has 5 rings (SSSR count). The lowest BCUT2D eigenvalue weighted by Gasteiger charge is -2.46. The Morgan fingerprint density at radius 1 is 0.971 bits per heavy atom. The molecule has 2 unspecified atom stereocenters. The highest BCUT2D eigenvalue weighted by Gasteiger charge is 2.54. The highest BCUT2D eigenvalue weighted by molar-refractivity contribution is 6.27. The van der Waals surface area contributed by atoms with Gasteiger partial charge in [-0.05, 0) is 24.5 Å². The lowest BCUT2D eigenvalue weighted by Crippen LogP contribution is -2.55. The van der Waals surface area contributed by atoms with Crippen molar-refractivity contribution in [3.8, 4) is 5.75 Å². The first-order valence-electron chi connectivity index (χ1n) is 12.2. The first-order chi connectivity index (χ1) is 16.9. The van der Waals surface area contributed by atoms with E-state index < -0.39 is 11.9 Å². The normalized spacial score (nSPS) is 23.7. The van der Waals surface area contributed by atoms with Crippen LogP contribution in [-0.4, -0.2) is 70.5 Å². The van der Waals surface area contributed by atoms with Gasteiger partial charge in [-0.1, -0.05) is 55.0 Å². The van der Waals surface area contributed by atoms with Gasteiger partial charge in [0.25, 0.3) is 0 Å². The summed E-state index contributed by atoms with van der Waals surface area (Å²) in [6.45, 7) is 4.39. The minimum atomic E-state index is -1.82. The summed E-state index contributed by atoms with van der Waals surface area (Å²) >= 11 is 0. The van der Waals surface area contributed by atoms with Crippen LogP contribution in [0.2, 0.25) is 0 Å². The van der Waals surface area contributed by atoms with Crippen LogP contribution in [-0.2, 0) is 20.9 Å². The first-order valence-corrected chi connectivity index (χ1v) is 12.2. The zero-order chi connectivity index (χ0) is 24.8. The number of rotatable bonds is 4. The molecule has 3 aliphatic heterocycles. The van der Waals surface area contributed by atoms with Gasteiger partial charge in [-0.2, -0.15) is 0 Å². The van der Waals surface area contributed by atoms with Crippen LogP contribution in [0.3, 0.4) is 0 Å². The highest BCUT2D eigenvalue weighted by Crippen LogP contribution is 2.50. The summed E-state index contributed by atoms with van der Waals surface area (Å²) in [5, 5.41) is 14.8. The molecule has 3 aliphatic rings. The molecule has 0 bridgehead atoms. The third-order valence-electron chi connectivity index (χ3n) is 7.28. The van der Waals surface area contributed by atoms with E-state index in [1.807, 2.05) is 6.07 Å². The van der Waals surface area contributed by atoms with E-state index in [1.54, 1.807) is 7.11 Å². The van der Waals surface area contributed by atoms with Crippen molar-refractivity contribution in [1.29, 1.82) is 0 Å². The standard InChI is InChI=1S/C25H32N2O2.C2H2O4/c1-28-23-13-6-5-11-21(23)24-22-12-7-8-16-27(22)25(29-24)14-17-26(18-15-25)19-20-9-3-2-4-10-20;3-1(4)2(5)6/h2-6,9-11,13,22,24H,7-8,12,14-19H2,1H3;(H,3,4)(H,5,6). The summed E-state index contributed by atoms with van der Waals surface area (Å²) in [5.74, 6) is -2.69. The summed E-state index contributed by atoms with van der Waals surface area (Å²) in [5.41, 5.74) is 2.51. The fourth-order valence-corrected chi connectivity index (χ4v) is 5.64.